The number of nitrogens with one attached hydrogen (secondary N) is 1. The van der Waals surface area contributed by atoms with Gasteiger partial charge in [0.1, 0.15) is 6.04 Å². The molecule has 1 N–H and O–H groups in total. The summed E-state index contributed by atoms with van der Waals surface area (Å²) in [4.78, 5) is 28.0. The third kappa shape index (κ3) is 8.36. The van der Waals surface area contributed by atoms with E-state index in [0.717, 1.165) is 16.7 Å². The number of nitrogens with zero attached hydrogens (tertiary/aromatic N) is 2. The van der Waals surface area contributed by atoms with Gasteiger partial charge in [0, 0.05) is 25.6 Å². The Balaban J connectivity index is 2.19. The van der Waals surface area contributed by atoms with E-state index in [4.69, 9.17) is 0 Å². The Hall–Kier alpha value is -2.87. The van der Waals surface area contributed by atoms with Crippen molar-refractivity contribution in [1.82, 2.24) is 10.2 Å². The second kappa shape index (κ2) is 13.4. The quantitative estimate of drug-likeness (QED) is 0.433. The highest BCUT2D eigenvalue weighted by molar-refractivity contribution is 7.92. The van der Waals surface area contributed by atoms with Crippen LogP contribution >= 0.6 is 0 Å². The number of carbonyl (C=O) groups is 2. The van der Waals surface area contributed by atoms with Crippen molar-refractivity contribution in [3.8, 4) is 0 Å². The first-order valence-electron chi connectivity index (χ1n) is 12.6. The van der Waals surface area contributed by atoms with Crippen molar-refractivity contribution < 1.29 is 18.0 Å². The van der Waals surface area contributed by atoms with E-state index in [-0.39, 0.29) is 30.8 Å². The van der Waals surface area contributed by atoms with Crippen LogP contribution in [0.3, 0.4) is 0 Å². The molecular formula is C28H41N3O4S. The lowest BCUT2D eigenvalue weighted by Crippen LogP contribution is -2.51. The number of hydrogen-bond donors (Lipinski definition) is 1. The largest absolute Gasteiger partial charge is 0.352 e. The molecule has 2 aromatic rings. The van der Waals surface area contributed by atoms with Crippen LogP contribution in [0, 0.1) is 13.8 Å². The van der Waals surface area contributed by atoms with Crippen molar-refractivity contribution >= 4 is 27.5 Å². The molecule has 8 heteroatoms. The summed E-state index contributed by atoms with van der Waals surface area (Å²) in [5.74, 6) is -0.312. The minimum Gasteiger partial charge on any atom is -0.352 e. The first kappa shape index (κ1) is 29.4. The number of sulfonamides is 1. The summed E-state index contributed by atoms with van der Waals surface area (Å²) < 4.78 is 26.6. The molecule has 0 aromatic heterocycles. The Morgan fingerprint density at radius 1 is 0.972 bits per heavy atom. The van der Waals surface area contributed by atoms with Gasteiger partial charge >= 0.3 is 0 Å². The van der Waals surface area contributed by atoms with Gasteiger partial charge in [0.25, 0.3) is 0 Å². The van der Waals surface area contributed by atoms with Crippen LogP contribution in [-0.2, 0) is 26.0 Å². The van der Waals surface area contributed by atoms with Gasteiger partial charge in [-0.25, -0.2) is 8.42 Å². The van der Waals surface area contributed by atoms with Gasteiger partial charge in [-0.3, -0.25) is 13.9 Å². The molecule has 0 bridgehead atoms. The highest BCUT2D eigenvalue weighted by atomic mass is 32.2. The minimum atomic E-state index is -3.53. The van der Waals surface area contributed by atoms with Crippen LogP contribution in [0.1, 0.15) is 56.7 Å². The molecule has 36 heavy (non-hydrogen) atoms. The van der Waals surface area contributed by atoms with Gasteiger partial charge in [0.05, 0.1) is 11.9 Å². The standard InChI is InChI=1S/C28H41N3O4S/c1-7-25(28(33)29-21(2)3)30(20-18-24-14-9-8-10-15-24)27(32)17-12-19-31(36(6,34)35)26-16-11-13-22(4)23(26)5/h8-11,13-16,21,25H,7,12,17-20H2,1-6H3,(H,29,33)/t25-/m0/s1. The van der Waals surface area contributed by atoms with Crippen molar-refractivity contribution in [2.75, 3.05) is 23.7 Å². The summed E-state index contributed by atoms with van der Waals surface area (Å²) in [5.41, 5.74) is 3.63. The van der Waals surface area contributed by atoms with E-state index >= 15 is 0 Å². The number of amides is 2. The fraction of sp³-hybridized carbons (Fsp3) is 0.500. The Morgan fingerprint density at radius 2 is 1.64 bits per heavy atom. The molecule has 2 amide bonds. The Kier molecular flexibility index (Phi) is 11.0. The molecule has 0 aliphatic carbocycles. The van der Waals surface area contributed by atoms with Crippen LogP contribution in [0.25, 0.3) is 0 Å². The van der Waals surface area contributed by atoms with E-state index < -0.39 is 16.1 Å². The molecule has 2 rings (SSSR count). The second-order valence-corrected chi connectivity index (χ2v) is 11.5. The molecule has 0 aliphatic heterocycles. The lowest BCUT2D eigenvalue weighted by molar-refractivity contribution is -0.141. The number of rotatable bonds is 13. The highest BCUT2D eigenvalue weighted by Gasteiger charge is 2.29. The fourth-order valence-electron chi connectivity index (χ4n) is 4.26. The summed E-state index contributed by atoms with van der Waals surface area (Å²) in [6.07, 6.45) is 2.82. The maximum Gasteiger partial charge on any atom is 0.242 e. The summed E-state index contributed by atoms with van der Waals surface area (Å²) in [6.45, 7) is 10.1. The van der Waals surface area contributed by atoms with Gasteiger partial charge in [0.2, 0.25) is 21.8 Å². The monoisotopic (exact) mass is 515 g/mol. The van der Waals surface area contributed by atoms with E-state index in [1.165, 1.54) is 10.6 Å². The van der Waals surface area contributed by atoms with Crippen LogP contribution in [-0.4, -0.2) is 56.6 Å². The number of carbonyl (C=O) groups excluding carboxylic acids is 2. The van der Waals surface area contributed by atoms with E-state index in [1.54, 1.807) is 11.0 Å². The van der Waals surface area contributed by atoms with Crippen LogP contribution in [0.15, 0.2) is 48.5 Å². The smallest absolute Gasteiger partial charge is 0.242 e. The van der Waals surface area contributed by atoms with Crippen molar-refractivity contribution in [2.24, 2.45) is 0 Å². The average molecular weight is 516 g/mol. The first-order chi connectivity index (χ1) is 17.0. The molecule has 0 heterocycles. The van der Waals surface area contributed by atoms with Crippen LogP contribution in [0.2, 0.25) is 0 Å². The van der Waals surface area contributed by atoms with Gasteiger partial charge in [-0.05, 0) is 69.7 Å². The molecule has 0 saturated heterocycles. The van der Waals surface area contributed by atoms with Crippen LogP contribution < -0.4 is 9.62 Å². The second-order valence-electron chi connectivity index (χ2n) is 9.57. The highest BCUT2D eigenvalue weighted by Crippen LogP contribution is 2.25. The Bertz CT molecular complexity index is 1120. The summed E-state index contributed by atoms with van der Waals surface area (Å²) in [6, 6.07) is 14.8. The Labute approximate surface area is 216 Å². The zero-order valence-electron chi connectivity index (χ0n) is 22.5. The van der Waals surface area contributed by atoms with Crippen molar-refractivity contribution in [2.45, 2.75) is 72.4 Å². The molecule has 7 nitrogen and oxygen atoms in total. The molecule has 198 valence electrons. The van der Waals surface area contributed by atoms with Crippen LogP contribution in [0.4, 0.5) is 5.69 Å². The number of hydrogen-bond acceptors (Lipinski definition) is 4. The predicted molar refractivity (Wildman–Crippen MR) is 147 cm³/mol. The van der Waals surface area contributed by atoms with Gasteiger partial charge in [-0.15, -0.1) is 0 Å². The molecule has 0 spiro atoms. The summed E-state index contributed by atoms with van der Waals surface area (Å²) >= 11 is 0. The van der Waals surface area contributed by atoms with Gasteiger partial charge in [0.15, 0.2) is 0 Å². The SMILES string of the molecule is CC[C@@H](C(=O)NC(C)C)N(CCc1ccccc1)C(=O)CCCN(c1cccc(C)c1C)S(C)(=O)=O. The average Bonchev–Trinajstić information content (AvgIpc) is 2.80. The minimum absolute atomic E-state index is 0.0292. The molecule has 2 aromatic carbocycles. The lowest BCUT2D eigenvalue weighted by atomic mass is 10.1. The number of aryl methyl sites for hydroxylation is 1. The van der Waals surface area contributed by atoms with Gasteiger partial charge in [-0.2, -0.15) is 0 Å². The molecule has 0 fully saturated rings. The fourth-order valence-corrected chi connectivity index (χ4v) is 5.28. The predicted octanol–water partition coefficient (Wildman–Crippen LogP) is 4.22. The summed E-state index contributed by atoms with van der Waals surface area (Å²) in [5, 5.41) is 2.93. The van der Waals surface area contributed by atoms with E-state index in [9.17, 15) is 18.0 Å². The molecule has 0 radical (unpaired) electrons. The first-order valence-corrected chi connectivity index (χ1v) is 14.5. The van der Waals surface area contributed by atoms with E-state index in [1.807, 2.05) is 77.1 Å². The topological polar surface area (TPSA) is 86.8 Å². The third-order valence-electron chi connectivity index (χ3n) is 6.30. The van der Waals surface area contributed by atoms with Crippen molar-refractivity contribution in [3.63, 3.8) is 0 Å². The molecular weight excluding hydrogens is 474 g/mol. The third-order valence-corrected chi connectivity index (χ3v) is 7.48. The normalized spacial score (nSPS) is 12.3. The van der Waals surface area contributed by atoms with E-state index in [0.29, 0.717) is 31.5 Å². The molecule has 0 aliphatic rings. The van der Waals surface area contributed by atoms with Crippen molar-refractivity contribution in [1.29, 1.82) is 0 Å². The molecule has 0 saturated carbocycles. The lowest BCUT2D eigenvalue weighted by Gasteiger charge is -2.31. The zero-order chi connectivity index (χ0) is 26.9. The van der Waals surface area contributed by atoms with Crippen molar-refractivity contribution in [3.05, 3.63) is 65.2 Å². The number of anilines is 1. The maximum atomic E-state index is 13.4. The summed E-state index contributed by atoms with van der Waals surface area (Å²) in [7, 11) is -3.53. The number of benzene rings is 2. The van der Waals surface area contributed by atoms with Crippen LogP contribution in [0.5, 0.6) is 0 Å². The Morgan fingerprint density at radius 3 is 2.22 bits per heavy atom. The maximum absolute atomic E-state index is 13.4. The van der Waals surface area contributed by atoms with Gasteiger partial charge in [-0.1, -0.05) is 49.4 Å². The van der Waals surface area contributed by atoms with Gasteiger partial charge < -0.3 is 10.2 Å². The van der Waals surface area contributed by atoms with E-state index in [2.05, 4.69) is 5.32 Å². The molecule has 1 atom stereocenters. The molecule has 0 unspecified atom stereocenters. The zero-order valence-corrected chi connectivity index (χ0v) is 23.3.